The summed E-state index contributed by atoms with van der Waals surface area (Å²) in [7, 11) is 0. The average Bonchev–Trinajstić information content (AvgIpc) is 2.28. The van der Waals surface area contributed by atoms with Gasteiger partial charge in [-0.25, -0.2) is 9.78 Å². The number of pyridine rings is 1. The van der Waals surface area contributed by atoms with E-state index in [-0.39, 0.29) is 22.6 Å². The molecule has 0 saturated carbocycles. The highest BCUT2D eigenvalue weighted by Gasteiger charge is 2.12. The molecule has 1 aromatic rings. The number of nitrogens with zero attached hydrogens (tertiary/aromatic N) is 1. The summed E-state index contributed by atoms with van der Waals surface area (Å²) in [5.74, 6) is -0.890. The van der Waals surface area contributed by atoms with Crippen LogP contribution in [-0.2, 0) is 4.74 Å². The number of halogens is 1. The van der Waals surface area contributed by atoms with Crippen LogP contribution in [0.5, 0.6) is 5.88 Å². The second-order valence-corrected chi connectivity index (χ2v) is 3.80. The average molecular weight is 260 g/mol. The van der Waals surface area contributed by atoms with Crippen LogP contribution in [0, 0.1) is 0 Å². The number of aromatic carboxylic acids is 1. The Kier molecular flexibility index (Phi) is 5.18. The molecule has 0 radical (unpaired) electrons. The molecule has 0 aliphatic carbocycles. The fourth-order valence-corrected chi connectivity index (χ4v) is 1.36. The minimum atomic E-state index is -1.11. The van der Waals surface area contributed by atoms with Crippen molar-refractivity contribution in [2.75, 3.05) is 13.2 Å². The maximum absolute atomic E-state index is 10.8. The van der Waals surface area contributed by atoms with Gasteiger partial charge in [0.1, 0.15) is 6.10 Å². The quantitative estimate of drug-likeness (QED) is 0.848. The van der Waals surface area contributed by atoms with Crippen LogP contribution < -0.4 is 4.74 Å². The molecule has 0 aliphatic rings. The Morgan fingerprint density at radius 3 is 2.94 bits per heavy atom. The zero-order valence-electron chi connectivity index (χ0n) is 9.64. The molecular formula is C11H14ClNO4. The normalized spacial score (nSPS) is 12.2. The van der Waals surface area contributed by atoms with Crippen molar-refractivity contribution in [3.05, 3.63) is 22.8 Å². The van der Waals surface area contributed by atoms with Gasteiger partial charge in [-0.2, -0.15) is 0 Å². The fraction of sp³-hybridized carbons (Fsp3) is 0.455. The number of rotatable bonds is 6. The van der Waals surface area contributed by atoms with E-state index in [1.165, 1.54) is 12.3 Å². The predicted octanol–water partition coefficient (Wildman–Crippen LogP) is 2.24. The van der Waals surface area contributed by atoms with Crippen molar-refractivity contribution in [1.82, 2.24) is 4.98 Å². The van der Waals surface area contributed by atoms with Crippen LogP contribution in [-0.4, -0.2) is 35.4 Å². The zero-order chi connectivity index (χ0) is 12.8. The third kappa shape index (κ3) is 4.20. The molecule has 0 aliphatic heterocycles. The molecule has 6 heteroatoms. The highest BCUT2D eigenvalue weighted by atomic mass is 35.5. The summed E-state index contributed by atoms with van der Waals surface area (Å²) in [6, 6.07) is 1.30. The van der Waals surface area contributed by atoms with Crippen LogP contribution in [0.1, 0.15) is 24.2 Å². The van der Waals surface area contributed by atoms with Gasteiger partial charge >= 0.3 is 5.97 Å². The molecule has 0 aromatic carbocycles. The van der Waals surface area contributed by atoms with Crippen LogP contribution in [0.3, 0.4) is 0 Å². The Morgan fingerprint density at radius 1 is 1.65 bits per heavy atom. The number of carboxylic acid groups (broad SMARTS) is 1. The smallest absolute Gasteiger partial charge is 0.337 e. The van der Waals surface area contributed by atoms with Crippen molar-refractivity contribution < 1.29 is 19.4 Å². The minimum absolute atomic E-state index is 0.0275. The van der Waals surface area contributed by atoms with Crippen molar-refractivity contribution in [3.8, 4) is 5.88 Å². The summed E-state index contributed by atoms with van der Waals surface area (Å²) in [4.78, 5) is 14.7. The van der Waals surface area contributed by atoms with Crippen LogP contribution in [0.25, 0.3) is 0 Å². The Labute approximate surface area is 104 Å². The zero-order valence-corrected chi connectivity index (χ0v) is 10.4. The van der Waals surface area contributed by atoms with Gasteiger partial charge in [0.2, 0.25) is 5.88 Å². The molecule has 0 spiro atoms. The lowest BCUT2D eigenvalue weighted by Crippen LogP contribution is -2.19. The molecule has 1 unspecified atom stereocenters. The van der Waals surface area contributed by atoms with Gasteiger partial charge in [0, 0.05) is 12.7 Å². The van der Waals surface area contributed by atoms with Gasteiger partial charge in [-0.3, -0.25) is 0 Å². The SMILES string of the molecule is CCOCC(C)Oc1cc(C(=O)O)c(Cl)cn1. The van der Waals surface area contributed by atoms with Gasteiger partial charge in [-0.05, 0) is 13.8 Å². The molecule has 1 aromatic heterocycles. The molecule has 94 valence electrons. The molecule has 0 fully saturated rings. The monoisotopic (exact) mass is 259 g/mol. The summed E-state index contributed by atoms with van der Waals surface area (Å²) in [5, 5.41) is 8.96. The highest BCUT2D eigenvalue weighted by Crippen LogP contribution is 2.19. The van der Waals surface area contributed by atoms with E-state index in [1.54, 1.807) is 0 Å². The van der Waals surface area contributed by atoms with Crippen molar-refractivity contribution in [2.24, 2.45) is 0 Å². The first kappa shape index (κ1) is 13.7. The molecule has 5 nitrogen and oxygen atoms in total. The minimum Gasteiger partial charge on any atom is -0.478 e. The van der Waals surface area contributed by atoms with E-state index in [4.69, 9.17) is 26.2 Å². The first-order valence-electron chi connectivity index (χ1n) is 5.17. The second-order valence-electron chi connectivity index (χ2n) is 3.40. The van der Waals surface area contributed by atoms with E-state index >= 15 is 0 Å². The molecule has 0 amide bonds. The van der Waals surface area contributed by atoms with Gasteiger partial charge in [0.15, 0.2) is 0 Å². The molecule has 1 N–H and O–H groups in total. The molecule has 1 rings (SSSR count). The van der Waals surface area contributed by atoms with Crippen LogP contribution in [0.2, 0.25) is 5.02 Å². The fourth-order valence-electron chi connectivity index (χ4n) is 1.17. The molecule has 1 heterocycles. The van der Waals surface area contributed by atoms with E-state index in [9.17, 15) is 4.79 Å². The Bertz CT molecular complexity index is 397. The Morgan fingerprint density at radius 2 is 2.35 bits per heavy atom. The second kappa shape index (κ2) is 6.42. The Hall–Kier alpha value is -1.33. The number of ether oxygens (including phenoxy) is 2. The van der Waals surface area contributed by atoms with Crippen LogP contribution in [0.15, 0.2) is 12.3 Å². The number of hydrogen-bond acceptors (Lipinski definition) is 4. The van der Waals surface area contributed by atoms with E-state index in [0.29, 0.717) is 13.2 Å². The highest BCUT2D eigenvalue weighted by molar-refractivity contribution is 6.33. The van der Waals surface area contributed by atoms with Gasteiger partial charge < -0.3 is 14.6 Å². The number of carbonyl (C=O) groups is 1. The summed E-state index contributed by atoms with van der Waals surface area (Å²) < 4.78 is 10.6. The number of carboxylic acids is 1. The maximum Gasteiger partial charge on any atom is 0.337 e. The molecule has 0 saturated heterocycles. The van der Waals surface area contributed by atoms with Crippen molar-refractivity contribution in [2.45, 2.75) is 20.0 Å². The van der Waals surface area contributed by atoms with Gasteiger partial charge in [0.05, 0.1) is 23.4 Å². The first-order valence-corrected chi connectivity index (χ1v) is 5.55. The van der Waals surface area contributed by atoms with Crippen molar-refractivity contribution >= 4 is 17.6 Å². The summed E-state index contributed by atoms with van der Waals surface area (Å²) in [6.45, 7) is 4.72. The molecule has 0 bridgehead atoms. The first-order chi connectivity index (χ1) is 8.04. The largest absolute Gasteiger partial charge is 0.478 e. The lowest BCUT2D eigenvalue weighted by Gasteiger charge is -2.13. The van der Waals surface area contributed by atoms with Crippen molar-refractivity contribution in [1.29, 1.82) is 0 Å². The van der Waals surface area contributed by atoms with E-state index in [0.717, 1.165) is 0 Å². The summed E-state index contributed by atoms with van der Waals surface area (Å²) in [6.07, 6.45) is 1.05. The van der Waals surface area contributed by atoms with E-state index in [1.807, 2.05) is 13.8 Å². The molecular weight excluding hydrogens is 246 g/mol. The van der Waals surface area contributed by atoms with Gasteiger partial charge in [-0.1, -0.05) is 11.6 Å². The van der Waals surface area contributed by atoms with Crippen molar-refractivity contribution in [3.63, 3.8) is 0 Å². The topological polar surface area (TPSA) is 68.7 Å². The maximum atomic E-state index is 10.8. The lowest BCUT2D eigenvalue weighted by atomic mass is 10.3. The van der Waals surface area contributed by atoms with E-state index in [2.05, 4.69) is 4.98 Å². The van der Waals surface area contributed by atoms with Crippen LogP contribution >= 0.6 is 11.6 Å². The van der Waals surface area contributed by atoms with Gasteiger partial charge in [0.25, 0.3) is 0 Å². The van der Waals surface area contributed by atoms with E-state index < -0.39 is 5.97 Å². The molecule has 1 atom stereocenters. The molecule has 17 heavy (non-hydrogen) atoms. The number of hydrogen-bond donors (Lipinski definition) is 1. The predicted molar refractivity (Wildman–Crippen MR) is 62.8 cm³/mol. The number of aromatic nitrogens is 1. The third-order valence-electron chi connectivity index (χ3n) is 1.94. The summed E-state index contributed by atoms with van der Waals surface area (Å²) in [5.41, 5.74) is -0.0275. The lowest BCUT2D eigenvalue weighted by molar-refractivity contribution is 0.0627. The third-order valence-corrected chi connectivity index (χ3v) is 2.24. The van der Waals surface area contributed by atoms with Gasteiger partial charge in [-0.15, -0.1) is 0 Å². The standard InChI is InChI=1S/C11H14ClNO4/c1-3-16-6-7(2)17-10-4-8(11(14)15)9(12)5-13-10/h4-5,7H,3,6H2,1-2H3,(H,14,15). The van der Waals surface area contributed by atoms with Crippen LogP contribution in [0.4, 0.5) is 0 Å². The Balaban J connectivity index is 2.72. The summed E-state index contributed by atoms with van der Waals surface area (Å²) >= 11 is 5.69.